The van der Waals surface area contributed by atoms with Crippen LogP contribution in [0.15, 0.2) is 42.5 Å². The number of fused-ring (bicyclic) bond motifs is 3. The van der Waals surface area contributed by atoms with Gasteiger partial charge in [-0.15, -0.1) is 0 Å². The lowest BCUT2D eigenvalue weighted by atomic mass is 9.98. The third kappa shape index (κ3) is 9.84. The summed E-state index contributed by atoms with van der Waals surface area (Å²) < 4.78 is 48.9. The predicted molar refractivity (Wildman–Crippen MR) is 198 cm³/mol. The van der Waals surface area contributed by atoms with Crippen molar-refractivity contribution in [1.29, 1.82) is 0 Å². The number of rotatable bonds is 6. The van der Waals surface area contributed by atoms with Gasteiger partial charge in [0.15, 0.2) is 0 Å². The van der Waals surface area contributed by atoms with Crippen molar-refractivity contribution in [2.75, 3.05) is 31.6 Å². The third-order valence-corrected chi connectivity index (χ3v) is 10.9. The summed E-state index contributed by atoms with van der Waals surface area (Å²) in [5, 5.41) is 21.7. The molecule has 4 heterocycles. The summed E-state index contributed by atoms with van der Waals surface area (Å²) in [6.45, 7) is 2.46. The zero-order valence-electron chi connectivity index (χ0n) is 31.7. The maximum absolute atomic E-state index is 14.8. The van der Waals surface area contributed by atoms with E-state index in [-0.39, 0.29) is 25.1 Å². The zero-order valence-corrected chi connectivity index (χ0v) is 31.7. The molecule has 6 amide bonds. The number of piperidine rings is 1. The number of aliphatic hydroxyl groups excluding tert-OH is 1. The Morgan fingerprint density at radius 3 is 2.33 bits per heavy atom. The monoisotopic (exact) mass is 799 g/mol. The number of anilines is 1. The second-order valence-corrected chi connectivity index (χ2v) is 15.1. The first-order valence-electron chi connectivity index (χ1n) is 19.2. The Morgan fingerprint density at radius 1 is 0.912 bits per heavy atom. The first-order chi connectivity index (χ1) is 27.2. The van der Waals surface area contributed by atoms with Crippen molar-refractivity contribution in [3.8, 4) is 0 Å². The van der Waals surface area contributed by atoms with Gasteiger partial charge < -0.3 is 40.5 Å². The first kappa shape index (κ1) is 41.4. The molecule has 1 unspecified atom stereocenters. The lowest BCUT2D eigenvalue weighted by Gasteiger charge is -2.42. The molecule has 57 heavy (non-hydrogen) atoms. The van der Waals surface area contributed by atoms with Crippen molar-refractivity contribution in [3.05, 3.63) is 65.2 Å². The van der Waals surface area contributed by atoms with Gasteiger partial charge in [0.1, 0.15) is 54.8 Å². The van der Waals surface area contributed by atoms with Gasteiger partial charge in [0.05, 0.1) is 18.6 Å². The van der Waals surface area contributed by atoms with Crippen LogP contribution in [0.3, 0.4) is 0 Å². The zero-order chi connectivity index (χ0) is 41.0. The van der Waals surface area contributed by atoms with Crippen molar-refractivity contribution >= 4 is 41.3 Å². The topological polar surface area (TPSA) is 190 Å². The molecule has 4 aliphatic heterocycles. The number of hydrogen-bond acceptors (Lipinski definition) is 9. The molecule has 4 aliphatic rings. The molecule has 6 rings (SSSR count). The van der Waals surface area contributed by atoms with Gasteiger partial charge in [0.2, 0.25) is 23.6 Å². The third-order valence-electron chi connectivity index (χ3n) is 10.9. The number of nitrogens with zero attached hydrogens (tertiary/aromatic N) is 3. The molecule has 2 aromatic rings. The smallest absolute Gasteiger partial charge is 0.329 e. The number of benzene rings is 2. The Balaban J connectivity index is 1.31. The largest absolute Gasteiger partial charge is 0.461 e. The number of amides is 6. The summed E-state index contributed by atoms with van der Waals surface area (Å²) in [5.74, 6) is -5.84. The van der Waals surface area contributed by atoms with E-state index in [1.165, 1.54) is 16.7 Å². The van der Waals surface area contributed by atoms with Gasteiger partial charge >= 0.3 is 12.0 Å². The van der Waals surface area contributed by atoms with Crippen LogP contribution in [0.25, 0.3) is 0 Å². The van der Waals surface area contributed by atoms with Gasteiger partial charge in [-0.05, 0) is 75.8 Å². The van der Waals surface area contributed by atoms with Gasteiger partial charge in [-0.3, -0.25) is 24.5 Å². The molecule has 5 N–H and O–H groups in total. The van der Waals surface area contributed by atoms with E-state index in [0.29, 0.717) is 37.4 Å². The van der Waals surface area contributed by atoms with Crippen LogP contribution in [-0.4, -0.2) is 130 Å². The van der Waals surface area contributed by atoms with E-state index in [0.717, 1.165) is 22.6 Å². The number of cyclic esters (lactones) is 1. The molecular weight excluding hydrogens is 751 g/mol. The van der Waals surface area contributed by atoms with Crippen LogP contribution in [0.2, 0.25) is 0 Å². The quantitative estimate of drug-likeness (QED) is 0.271. The van der Waals surface area contributed by atoms with Crippen LogP contribution in [0, 0.1) is 18.6 Å². The molecule has 0 aliphatic carbocycles. The number of carbonyl (C=O) groups excluding carboxylic acids is 6. The minimum Gasteiger partial charge on any atom is -0.461 e. The lowest BCUT2D eigenvalue weighted by molar-refractivity contribution is -0.159. The Hall–Kier alpha value is -5.23. The predicted octanol–water partition coefficient (Wildman–Crippen LogP) is 1.66. The standard InChI is InChI=1S/C39H48F3N7O8/c1-21-8-10-27(11-9-21)44-39(56)46-28(16-23-14-24(40)17-25(41)15-23)33(50)45-29-20-57-38(55)32-18-26(42)19-49(32)35(52)22(2)43-34(51)30-6-3-4-12-47(30)37(54)31-7-5-13-48(31)36(29)53/h8-11,14-15,17,22,26,28-32,34,43,51H,3-7,12-13,16,18-20H2,1-2H3,(H,45,50)(H2,44,46,56)/t22-,26-,28-,29-,30-,31-,32-,34?/m0/s1. The van der Waals surface area contributed by atoms with Gasteiger partial charge in [-0.25, -0.2) is 22.8 Å². The van der Waals surface area contributed by atoms with Gasteiger partial charge in [0.25, 0.3) is 0 Å². The fourth-order valence-electron chi connectivity index (χ4n) is 8.02. The second kappa shape index (κ2) is 17.9. The number of nitrogens with one attached hydrogen (secondary N) is 4. The molecule has 4 fully saturated rings. The molecule has 2 aromatic carbocycles. The van der Waals surface area contributed by atoms with E-state index < -0.39 is 122 Å². The number of hydrogen-bond donors (Lipinski definition) is 5. The number of ether oxygens (including phenoxy) is 1. The molecular formula is C39H48F3N7O8. The summed E-state index contributed by atoms with van der Waals surface area (Å²) >= 11 is 0. The van der Waals surface area contributed by atoms with E-state index in [1.54, 1.807) is 24.3 Å². The molecule has 0 saturated carbocycles. The second-order valence-electron chi connectivity index (χ2n) is 15.1. The Bertz CT molecular complexity index is 1830. The highest BCUT2D eigenvalue weighted by Gasteiger charge is 2.46. The summed E-state index contributed by atoms with van der Waals surface area (Å²) in [6.07, 6.45) is -1.39. The average Bonchev–Trinajstić information content (AvgIpc) is 3.82. The van der Waals surface area contributed by atoms with Gasteiger partial charge in [-0.1, -0.05) is 17.7 Å². The van der Waals surface area contributed by atoms with Crippen molar-refractivity contribution < 1.29 is 51.8 Å². The van der Waals surface area contributed by atoms with E-state index >= 15 is 0 Å². The Labute approximate surface area is 327 Å². The normalized spacial score (nSPS) is 27.9. The number of aryl methyl sites for hydroxylation is 1. The fourth-order valence-corrected chi connectivity index (χ4v) is 8.02. The number of halogens is 3. The van der Waals surface area contributed by atoms with Crippen molar-refractivity contribution in [1.82, 2.24) is 30.7 Å². The van der Waals surface area contributed by atoms with Gasteiger partial charge in [-0.2, -0.15) is 0 Å². The molecule has 308 valence electrons. The van der Waals surface area contributed by atoms with Crippen LogP contribution < -0.4 is 21.3 Å². The van der Waals surface area contributed by atoms with E-state index in [1.807, 2.05) is 6.92 Å². The molecule has 4 saturated heterocycles. The summed E-state index contributed by atoms with van der Waals surface area (Å²) in [4.78, 5) is 86.8. The molecule has 0 spiro atoms. The Morgan fingerprint density at radius 2 is 1.61 bits per heavy atom. The van der Waals surface area contributed by atoms with E-state index in [4.69, 9.17) is 4.74 Å². The maximum atomic E-state index is 14.8. The minimum atomic E-state index is -1.66. The van der Waals surface area contributed by atoms with Gasteiger partial charge in [0, 0.05) is 37.7 Å². The highest BCUT2D eigenvalue weighted by molar-refractivity contribution is 5.97. The molecule has 0 bridgehead atoms. The van der Waals surface area contributed by atoms with Crippen LogP contribution in [0.1, 0.15) is 56.6 Å². The number of alkyl halides is 1. The highest BCUT2D eigenvalue weighted by atomic mass is 19.1. The highest BCUT2D eigenvalue weighted by Crippen LogP contribution is 2.28. The summed E-state index contributed by atoms with van der Waals surface area (Å²) in [6, 6.07) is 1.05. The fraction of sp³-hybridized carbons (Fsp3) is 0.538. The number of esters is 1. The SMILES string of the molecule is Cc1ccc(NC(=O)N[C@@H](Cc2cc(F)cc(F)c2)C(=O)N[C@H]2COC(=O)[C@@H]3C[C@H](F)CN3C(=O)[C@H](C)NC(O)[C@@H]3CCCCN3C(=O)[C@@H]3CCCN3C2=O)cc1. The summed E-state index contributed by atoms with van der Waals surface area (Å²) in [7, 11) is 0. The van der Waals surface area contributed by atoms with Crippen LogP contribution >= 0.6 is 0 Å². The van der Waals surface area contributed by atoms with E-state index in [2.05, 4.69) is 21.3 Å². The molecule has 18 heteroatoms. The molecule has 0 aromatic heterocycles. The average molecular weight is 800 g/mol. The molecule has 8 atom stereocenters. The van der Waals surface area contributed by atoms with E-state index in [9.17, 15) is 47.0 Å². The first-order valence-corrected chi connectivity index (χ1v) is 19.2. The van der Waals surface area contributed by atoms with Crippen LogP contribution in [-0.2, 0) is 35.1 Å². The maximum Gasteiger partial charge on any atom is 0.329 e. The minimum absolute atomic E-state index is 0.00186. The summed E-state index contributed by atoms with van der Waals surface area (Å²) in [5.41, 5.74) is 1.30. The van der Waals surface area contributed by atoms with Crippen molar-refractivity contribution in [3.63, 3.8) is 0 Å². The number of aliphatic hydroxyl groups is 1. The molecule has 0 radical (unpaired) electrons. The number of carbonyl (C=O) groups is 6. The van der Waals surface area contributed by atoms with Crippen LogP contribution in [0.4, 0.5) is 23.7 Å². The Kier molecular flexibility index (Phi) is 13.0. The van der Waals surface area contributed by atoms with Crippen molar-refractivity contribution in [2.24, 2.45) is 0 Å². The van der Waals surface area contributed by atoms with Crippen LogP contribution in [0.5, 0.6) is 0 Å². The lowest BCUT2D eigenvalue weighted by Crippen LogP contribution is -2.63. The molecule has 15 nitrogen and oxygen atoms in total. The number of urea groups is 1. The van der Waals surface area contributed by atoms with Crippen molar-refractivity contribution in [2.45, 2.75) is 107 Å².